The highest BCUT2D eigenvalue weighted by Gasteiger charge is 2.39. The predicted octanol–water partition coefficient (Wildman–Crippen LogP) is 4.91. The minimum Gasteiger partial charge on any atom is -0.469 e. The smallest absolute Gasteiger partial charge is 0.410 e. The van der Waals surface area contributed by atoms with Crippen molar-refractivity contribution in [2.24, 2.45) is 5.92 Å². The molecule has 1 aromatic rings. The normalized spacial score (nSPS) is 26.5. The number of benzene rings is 1. The van der Waals surface area contributed by atoms with Crippen molar-refractivity contribution in [2.45, 2.75) is 80.8 Å². The summed E-state index contributed by atoms with van der Waals surface area (Å²) < 4.78 is 16.8. The molecule has 1 aliphatic carbocycles. The van der Waals surface area contributed by atoms with E-state index in [4.69, 9.17) is 14.2 Å². The first kappa shape index (κ1) is 23.9. The zero-order chi connectivity index (χ0) is 22.4. The van der Waals surface area contributed by atoms with Gasteiger partial charge in [-0.05, 0) is 65.0 Å². The molecule has 31 heavy (non-hydrogen) atoms. The van der Waals surface area contributed by atoms with Gasteiger partial charge in [0.25, 0.3) is 0 Å². The molecule has 1 aromatic carbocycles. The van der Waals surface area contributed by atoms with E-state index in [1.165, 1.54) is 12.0 Å². The molecule has 1 saturated carbocycles. The number of hydrogen-bond acceptors (Lipinski definition) is 6. The molecule has 1 heterocycles. The van der Waals surface area contributed by atoms with Crippen molar-refractivity contribution in [1.82, 2.24) is 4.90 Å². The summed E-state index contributed by atoms with van der Waals surface area (Å²) in [5.41, 5.74) is -0.528. The molecule has 0 bridgehead atoms. The Morgan fingerprint density at radius 1 is 1.10 bits per heavy atom. The number of nitrogens with zero attached hydrogens (tertiary/aromatic N) is 1. The van der Waals surface area contributed by atoms with Crippen LogP contribution in [0, 0.1) is 5.92 Å². The van der Waals surface area contributed by atoms with Gasteiger partial charge in [-0.2, -0.15) is 0 Å². The van der Waals surface area contributed by atoms with Gasteiger partial charge in [0.1, 0.15) is 5.60 Å². The molecule has 0 aromatic heterocycles. The number of ether oxygens (including phenoxy) is 3. The second-order valence-electron chi connectivity index (χ2n) is 9.41. The van der Waals surface area contributed by atoms with Crippen molar-refractivity contribution in [3.63, 3.8) is 0 Å². The summed E-state index contributed by atoms with van der Waals surface area (Å²) in [5, 5.41) is 0.304. The third-order valence-corrected chi connectivity index (χ3v) is 7.00. The lowest BCUT2D eigenvalue weighted by Gasteiger charge is -2.31. The number of hydrogen-bond donors (Lipinski definition) is 0. The molecule has 1 aliphatic heterocycles. The van der Waals surface area contributed by atoms with Crippen LogP contribution in [0.1, 0.15) is 52.9 Å². The van der Waals surface area contributed by atoms with Crippen molar-refractivity contribution < 1.29 is 23.8 Å². The highest BCUT2D eigenvalue weighted by molar-refractivity contribution is 8.00. The molecule has 1 amide bonds. The van der Waals surface area contributed by atoms with Crippen LogP contribution in [0.3, 0.4) is 0 Å². The Kier molecular flexibility index (Phi) is 8.28. The van der Waals surface area contributed by atoms with Crippen LogP contribution in [0.2, 0.25) is 0 Å². The number of methoxy groups -OCH3 is 1. The maximum Gasteiger partial charge on any atom is 0.410 e. The molecule has 1 saturated heterocycles. The van der Waals surface area contributed by atoms with Gasteiger partial charge < -0.3 is 19.1 Å². The van der Waals surface area contributed by atoms with Crippen LogP contribution in [0.15, 0.2) is 35.2 Å². The molecule has 0 spiro atoms. The van der Waals surface area contributed by atoms with E-state index in [0.717, 1.165) is 32.1 Å². The van der Waals surface area contributed by atoms with Crippen molar-refractivity contribution in [2.75, 3.05) is 20.3 Å². The predicted molar refractivity (Wildman–Crippen MR) is 121 cm³/mol. The van der Waals surface area contributed by atoms with Crippen LogP contribution in [-0.4, -0.2) is 60.2 Å². The Morgan fingerprint density at radius 3 is 2.39 bits per heavy atom. The molecular formula is C24H35NO5S. The third-order valence-electron chi connectivity index (χ3n) is 5.78. The van der Waals surface area contributed by atoms with Crippen molar-refractivity contribution in [1.29, 1.82) is 0 Å². The van der Waals surface area contributed by atoms with E-state index in [9.17, 15) is 9.59 Å². The van der Waals surface area contributed by atoms with Crippen molar-refractivity contribution >= 4 is 23.8 Å². The number of carbonyl (C=O) groups is 2. The molecule has 7 heteroatoms. The van der Waals surface area contributed by atoms with E-state index in [-0.39, 0.29) is 30.1 Å². The lowest BCUT2D eigenvalue weighted by Crippen LogP contribution is -2.42. The summed E-state index contributed by atoms with van der Waals surface area (Å²) >= 11 is 1.81. The number of likely N-dealkylation sites (tertiary alicyclic amines) is 1. The van der Waals surface area contributed by atoms with Gasteiger partial charge in [-0.15, -0.1) is 11.8 Å². The lowest BCUT2D eigenvalue weighted by atomic mass is 9.87. The fraction of sp³-hybridized carbons (Fsp3) is 0.667. The molecular weight excluding hydrogens is 414 g/mol. The Labute approximate surface area is 190 Å². The first-order chi connectivity index (χ1) is 14.7. The number of esters is 1. The van der Waals surface area contributed by atoms with Gasteiger partial charge in [-0.25, -0.2) is 4.79 Å². The van der Waals surface area contributed by atoms with Crippen LogP contribution in [-0.2, 0) is 19.0 Å². The zero-order valence-electron chi connectivity index (χ0n) is 19.0. The van der Waals surface area contributed by atoms with Crippen LogP contribution >= 0.6 is 11.8 Å². The zero-order valence-corrected chi connectivity index (χ0v) is 19.9. The fourth-order valence-corrected chi connectivity index (χ4v) is 5.48. The minimum atomic E-state index is -0.528. The van der Waals surface area contributed by atoms with E-state index in [0.29, 0.717) is 18.4 Å². The van der Waals surface area contributed by atoms with E-state index in [2.05, 4.69) is 12.1 Å². The Morgan fingerprint density at radius 2 is 1.77 bits per heavy atom. The first-order valence-corrected chi connectivity index (χ1v) is 12.0. The molecule has 0 radical (unpaired) electrons. The summed E-state index contributed by atoms with van der Waals surface area (Å²) in [5.74, 6) is -0.132. The van der Waals surface area contributed by atoms with E-state index >= 15 is 0 Å². The van der Waals surface area contributed by atoms with E-state index < -0.39 is 5.60 Å². The Bertz CT molecular complexity index is 727. The number of rotatable bonds is 6. The highest BCUT2D eigenvalue weighted by atomic mass is 32.2. The molecule has 2 aliphatic rings. The first-order valence-electron chi connectivity index (χ1n) is 11.2. The van der Waals surface area contributed by atoms with Gasteiger partial charge >= 0.3 is 12.1 Å². The van der Waals surface area contributed by atoms with Crippen LogP contribution in [0.4, 0.5) is 4.79 Å². The van der Waals surface area contributed by atoms with E-state index in [1.807, 2.05) is 43.9 Å². The number of carbonyl (C=O) groups excluding carboxylic acids is 2. The van der Waals surface area contributed by atoms with Gasteiger partial charge in [0.15, 0.2) is 0 Å². The summed E-state index contributed by atoms with van der Waals surface area (Å²) in [4.78, 5) is 27.6. The largest absolute Gasteiger partial charge is 0.469 e. The van der Waals surface area contributed by atoms with Crippen molar-refractivity contribution in [3.8, 4) is 0 Å². The van der Waals surface area contributed by atoms with Crippen molar-refractivity contribution in [3.05, 3.63) is 30.3 Å². The maximum atomic E-state index is 12.9. The Hall–Kier alpha value is -1.73. The Balaban J connectivity index is 1.57. The quantitative estimate of drug-likeness (QED) is 0.575. The van der Waals surface area contributed by atoms with Crippen LogP contribution < -0.4 is 0 Å². The topological polar surface area (TPSA) is 65.1 Å². The third kappa shape index (κ3) is 7.14. The summed E-state index contributed by atoms with van der Waals surface area (Å²) in [6, 6.07) is 10.3. The summed E-state index contributed by atoms with van der Waals surface area (Å²) in [7, 11) is 1.44. The maximum absolute atomic E-state index is 12.9. The molecule has 2 atom stereocenters. The number of amides is 1. The van der Waals surface area contributed by atoms with Gasteiger partial charge in [0.05, 0.1) is 31.8 Å². The fourth-order valence-electron chi connectivity index (χ4n) is 4.23. The SMILES string of the molecule is COC(=O)[C@H]1CC[C@H](OC[C@@H]2C[C@H](Sc3ccccc3)CN2C(=O)OC(C)(C)C)CC1. The summed E-state index contributed by atoms with van der Waals surface area (Å²) in [6.45, 7) is 6.82. The molecule has 172 valence electrons. The van der Waals surface area contributed by atoms with Gasteiger partial charge in [-0.3, -0.25) is 4.79 Å². The highest BCUT2D eigenvalue weighted by Crippen LogP contribution is 2.34. The average molecular weight is 450 g/mol. The second-order valence-corrected chi connectivity index (χ2v) is 10.8. The van der Waals surface area contributed by atoms with Gasteiger partial charge in [0.2, 0.25) is 0 Å². The van der Waals surface area contributed by atoms with Crippen LogP contribution in [0.5, 0.6) is 0 Å². The minimum absolute atomic E-state index is 0.00519. The molecule has 6 nitrogen and oxygen atoms in total. The number of thioether (sulfide) groups is 1. The standard InChI is InChI=1S/C24H35NO5S/c1-24(2,3)30-23(27)25-15-21(31-20-8-6-5-7-9-20)14-18(25)16-29-19-12-10-17(11-13-19)22(26)28-4/h5-9,17-19,21H,10-16H2,1-4H3/t17-,18-,19-,21-/m0/s1. The second kappa shape index (κ2) is 10.7. The van der Waals surface area contributed by atoms with Gasteiger partial charge in [0, 0.05) is 16.7 Å². The monoisotopic (exact) mass is 449 g/mol. The average Bonchev–Trinajstić information content (AvgIpc) is 3.14. The lowest BCUT2D eigenvalue weighted by molar-refractivity contribution is -0.147. The van der Waals surface area contributed by atoms with E-state index in [1.54, 1.807) is 11.8 Å². The van der Waals surface area contributed by atoms with Crippen LogP contribution in [0.25, 0.3) is 0 Å². The van der Waals surface area contributed by atoms with Gasteiger partial charge in [-0.1, -0.05) is 18.2 Å². The molecule has 0 N–H and O–H groups in total. The molecule has 0 unspecified atom stereocenters. The molecule has 2 fully saturated rings. The molecule has 3 rings (SSSR count). The summed E-state index contributed by atoms with van der Waals surface area (Å²) in [6.07, 6.45) is 4.02.